The Morgan fingerprint density at radius 1 is 0.921 bits per heavy atom. The highest BCUT2D eigenvalue weighted by Crippen LogP contribution is 2.50. The number of nitrogens with one attached hydrogen (secondary N) is 1. The van der Waals surface area contributed by atoms with E-state index in [2.05, 4.69) is 23.3 Å². The van der Waals surface area contributed by atoms with Crippen LogP contribution in [0.1, 0.15) is 103 Å². The molecule has 4 aromatic rings. The van der Waals surface area contributed by atoms with Crippen molar-refractivity contribution in [2.75, 3.05) is 31.6 Å². The maximum absolute atomic E-state index is 14.0. The summed E-state index contributed by atoms with van der Waals surface area (Å²) < 4.78 is 47.2. The quantitative estimate of drug-likeness (QED) is 0.0753. The third-order valence-electron chi connectivity index (χ3n) is 13.3. The SMILES string of the molecule is CN(CCCCCCCCCCN1CC2=C(C1=O)[C@@H](c1ccc(C#N)cc1)NC(=O)N2c1cccc(C(F)(F)F)c1)C1C2CCC1C(OC(=O)C(O)(c1cccs1)c1cccs1)C2. The third kappa shape index (κ3) is 9.18. The summed E-state index contributed by atoms with van der Waals surface area (Å²) in [6, 6.07) is 19.4. The van der Waals surface area contributed by atoms with Gasteiger partial charge in [0.25, 0.3) is 5.91 Å². The van der Waals surface area contributed by atoms with Gasteiger partial charge in [0, 0.05) is 18.5 Å². The van der Waals surface area contributed by atoms with E-state index in [4.69, 9.17) is 4.74 Å². The van der Waals surface area contributed by atoms with Crippen molar-refractivity contribution in [2.24, 2.45) is 11.8 Å². The maximum Gasteiger partial charge on any atom is 0.416 e. The average Bonchev–Trinajstić information content (AvgIpc) is 4.14. The largest absolute Gasteiger partial charge is 0.459 e. The van der Waals surface area contributed by atoms with E-state index in [1.54, 1.807) is 41.3 Å². The number of hydrogen-bond acceptors (Lipinski definition) is 9. The number of benzene rings is 2. The van der Waals surface area contributed by atoms with E-state index in [1.165, 1.54) is 39.7 Å². The molecule has 15 heteroatoms. The highest BCUT2D eigenvalue weighted by molar-refractivity contribution is 7.12. The average molecular weight is 900 g/mol. The minimum Gasteiger partial charge on any atom is -0.459 e. The van der Waals surface area contributed by atoms with Crippen molar-refractivity contribution >= 4 is 46.3 Å². The van der Waals surface area contributed by atoms with E-state index >= 15 is 0 Å². The van der Waals surface area contributed by atoms with Gasteiger partial charge in [0.1, 0.15) is 6.10 Å². The summed E-state index contributed by atoms with van der Waals surface area (Å²) in [5, 5.41) is 27.6. The van der Waals surface area contributed by atoms with Gasteiger partial charge < -0.3 is 25.0 Å². The molecular formula is C48H52F3N5O5S2. The Morgan fingerprint density at radius 3 is 2.22 bits per heavy atom. The number of urea groups is 1. The van der Waals surface area contributed by atoms with Crippen molar-refractivity contribution in [3.8, 4) is 6.07 Å². The maximum atomic E-state index is 14.0. The molecule has 10 nitrogen and oxygen atoms in total. The molecule has 4 heterocycles. The normalized spacial score (nSPS) is 22.2. The number of alkyl halides is 3. The standard InChI is InChI=1S/C48H52F3N5O5S2/c1-54(43-33-21-22-36(43)38(27-33)61-45(58)47(60,39-15-11-25-62-39)40-16-12-26-63-40)23-8-6-4-2-3-5-7-9-24-55-30-37-41(44(55)57)42(32-19-17-31(29-52)18-20-32)53-46(59)56(37)35-14-10-13-34(28-35)48(49,50)51/h10-20,25-26,28,33,36,38,42-43,60H,2-9,21-24,27,30H2,1H3,(H,53,59)/t33?,36?,38?,42-,43?/m1/s1. The molecule has 2 aliphatic heterocycles. The van der Waals surface area contributed by atoms with Crippen LogP contribution in [0.25, 0.3) is 0 Å². The lowest BCUT2D eigenvalue weighted by atomic mass is 9.94. The first-order chi connectivity index (χ1) is 30.4. The van der Waals surface area contributed by atoms with Gasteiger partial charge in [0.15, 0.2) is 0 Å². The number of nitrogens with zero attached hydrogens (tertiary/aromatic N) is 4. The zero-order valence-electron chi connectivity index (χ0n) is 35.2. The van der Waals surface area contributed by atoms with Crippen LogP contribution < -0.4 is 10.2 Å². The Morgan fingerprint density at radius 2 is 1.59 bits per heavy atom. The van der Waals surface area contributed by atoms with Crippen LogP contribution in [-0.4, -0.2) is 71.6 Å². The molecule has 5 atom stereocenters. The van der Waals surface area contributed by atoms with Crippen molar-refractivity contribution in [3.63, 3.8) is 0 Å². The van der Waals surface area contributed by atoms with E-state index in [1.807, 2.05) is 22.9 Å². The number of ether oxygens (including phenoxy) is 1. The van der Waals surface area contributed by atoms with Gasteiger partial charge in [0.05, 0.1) is 56.5 Å². The van der Waals surface area contributed by atoms with E-state index in [9.17, 15) is 37.9 Å². The molecule has 2 aromatic carbocycles. The Balaban J connectivity index is 0.776. The fraction of sp³-hybridized carbons (Fsp3) is 0.458. The lowest BCUT2D eigenvalue weighted by Crippen LogP contribution is -2.47. The van der Waals surface area contributed by atoms with Gasteiger partial charge in [0.2, 0.25) is 5.60 Å². The number of esters is 1. The molecule has 0 radical (unpaired) electrons. The second-order valence-electron chi connectivity index (χ2n) is 17.2. The van der Waals surface area contributed by atoms with Crippen LogP contribution in [0.15, 0.2) is 94.8 Å². The minimum atomic E-state index is -4.61. The second-order valence-corrected chi connectivity index (χ2v) is 19.1. The number of aliphatic hydroxyl groups is 1. The van der Waals surface area contributed by atoms with Crippen molar-refractivity contribution < 1.29 is 37.4 Å². The van der Waals surface area contributed by atoms with Crippen molar-refractivity contribution in [1.29, 1.82) is 5.26 Å². The van der Waals surface area contributed by atoms with Crippen LogP contribution in [-0.2, 0) is 26.1 Å². The number of hydrogen-bond donors (Lipinski definition) is 2. The summed E-state index contributed by atoms with van der Waals surface area (Å²) in [5.74, 6) is -0.114. The van der Waals surface area contributed by atoms with Crippen LogP contribution in [0.5, 0.6) is 0 Å². The molecule has 332 valence electrons. The van der Waals surface area contributed by atoms with E-state index < -0.39 is 35.4 Å². The number of carbonyl (C=O) groups excluding carboxylic acids is 3. The molecule has 2 saturated carbocycles. The first-order valence-electron chi connectivity index (χ1n) is 21.9. The number of amides is 3. The molecule has 2 aliphatic carbocycles. The molecule has 8 rings (SSSR count). The molecule has 2 aromatic heterocycles. The minimum absolute atomic E-state index is 0.0293. The van der Waals surface area contributed by atoms with Gasteiger partial charge in [-0.15, -0.1) is 22.7 Å². The number of halogens is 3. The monoisotopic (exact) mass is 899 g/mol. The second kappa shape index (κ2) is 19.0. The van der Waals surface area contributed by atoms with Crippen molar-refractivity contribution in [1.82, 2.24) is 15.1 Å². The predicted molar refractivity (Wildman–Crippen MR) is 236 cm³/mol. The molecule has 4 aliphatic rings. The summed E-state index contributed by atoms with van der Waals surface area (Å²) in [5.41, 5.74) is -0.948. The number of thiophene rings is 2. The van der Waals surface area contributed by atoms with Gasteiger partial charge >= 0.3 is 18.2 Å². The lowest BCUT2D eigenvalue weighted by molar-refractivity contribution is -0.170. The fourth-order valence-electron chi connectivity index (χ4n) is 10.2. The summed E-state index contributed by atoms with van der Waals surface area (Å²) >= 11 is 2.71. The van der Waals surface area contributed by atoms with E-state index in [0.717, 1.165) is 89.3 Å². The summed E-state index contributed by atoms with van der Waals surface area (Å²) in [6.07, 6.45) is 6.37. The lowest BCUT2D eigenvalue weighted by Gasteiger charge is -2.33. The van der Waals surface area contributed by atoms with Gasteiger partial charge in [-0.2, -0.15) is 18.4 Å². The Kier molecular flexibility index (Phi) is 13.4. The Bertz CT molecular complexity index is 2290. The number of rotatable bonds is 18. The fourth-order valence-corrected chi connectivity index (χ4v) is 11.9. The highest BCUT2D eigenvalue weighted by Gasteiger charge is 2.54. The zero-order chi connectivity index (χ0) is 44.3. The number of nitriles is 1. The smallest absolute Gasteiger partial charge is 0.416 e. The van der Waals surface area contributed by atoms with Crippen LogP contribution in [0.2, 0.25) is 0 Å². The van der Waals surface area contributed by atoms with Crippen LogP contribution >= 0.6 is 22.7 Å². The topological polar surface area (TPSA) is 126 Å². The Hall–Kier alpha value is -5.01. The molecule has 2 fully saturated rings. The van der Waals surface area contributed by atoms with Crippen LogP contribution in [0.4, 0.5) is 23.7 Å². The van der Waals surface area contributed by atoms with Crippen molar-refractivity contribution in [2.45, 2.75) is 101 Å². The number of fused-ring (bicyclic) bond motifs is 2. The molecular weight excluding hydrogens is 848 g/mol. The first-order valence-corrected chi connectivity index (χ1v) is 23.7. The molecule has 0 saturated heterocycles. The third-order valence-corrected chi connectivity index (χ3v) is 15.3. The molecule has 2 N–H and O–H groups in total. The molecule has 63 heavy (non-hydrogen) atoms. The summed E-state index contributed by atoms with van der Waals surface area (Å²) in [6.45, 7) is 1.53. The van der Waals surface area contributed by atoms with E-state index in [-0.39, 0.29) is 30.2 Å². The predicted octanol–water partition coefficient (Wildman–Crippen LogP) is 9.77. The van der Waals surface area contributed by atoms with E-state index in [0.29, 0.717) is 50.7 Å². The van der Waals surface area contributed by atoms with Gasteiger partial charge in [-0.3, -0.25) is 9.69 Å². The highest BCUT2D eigenvalue weighted by atomic mass is 32.1. The van der Waals surface area contributed by atoms with Gasteiger partial charge in [-0.05, 0) is 110 Å². The number of unbranched alkanes of at least 4 members (excludes halogenated alkanes) is 7. The zero-order valence-corrected chi connectivity index (χ0v) is 36.8. The molecule has 0 spiro atoms. The summed E-state index contributed by atoms with van der Waals surface area (Å²) in [4.78, 5) is 47.7. The number of carbonyl (C=O) groups is 3. The first kappa shape index (κ1) is 44.6. The summed E-state index contributed by atoms with van der Waals surface area (Å²) in [7, 11) is 2.19. The van der Waals surface area contributed by atoms with Gasteiger partial charge in [-0.1, -0.05) is 68.9 Å². The van der Waals surface area contributed by atoms with Crippen molar-refractivity contribution in [3.05, 3.63) is 121 Å². The van der Waals surface area contributed by atoms with Crippen LogP contribution in [0, 0.1) is 23.2 Å². The Labute approximate surface area is 373 Å². The number of anilines is 1. The van der Waals surface area contributed by atoms with Crippen LogP contribution in [0.3, 0.4) is 0 Å². The molecule has 3 amide bonds. The molecule has 2 bridgehead atoms. The van der Waals surface area contributed by atoms with Gasteiger partial charge in [-0.25, -0.2) is 9.59 Å². The molecule has 4 unspecified atom stereocenters.